The summed E-state index contributed by atoms with van der Waals surface area (Å²) < 4.78 is 9.74. The largest absolute Gasteiger partial charge is 0.496 e. The highest BCUT2D eigenvalue weighted by Crippen LogP contribution is 2.14. The molecule has 0 aliphatic rings. The molecule has 80 valence electrons. The molecule has 1 aromatic rings. The Balaban J connectivity index is 0.000000292. The number of para-hydroxylation sites is 1. The van der Waals surface area contributed by atoms with Gasteiger partial charge in [-0.3, -0.25) is 0 Å². The van der Waals surface area contributed by atoms with Gasteiger partial charge in [0.1, 0.15) is 5.75 Å². The van der Waals surface area contributed by atoms with Crippen molar-refractivity contribution < 1.29 is 9.47 Å². The summed E-state index contributed by atoms with van der Waals surface area (Å²) in [6.07, 6.45) is 1.12. The van der Waals surface area contributed by atoms with Crippen molar-refractivity contribution in [2.24, 2.45) is 0 Å². The third kappa shape index (κ3) is 5.60. The number of ether oxygens (including phenoxy) is 2. The van der Waals surface area contributed by atoms with Gasteiger partial charge in [0.15, 0.2) is 0 Å². The van der Waals surface area contributed by atoms with E-state index in [1.54, 1.807) is 14.2 Å². The van der Waals surface area contributed by atoms with Crippen molar-refractivity contribution in [1.29, 1.82) is 0 Å². The van der Waals surface area contributed by atoms with Gasteiger partial charge in [-0.2, -0.15) is 0 Å². The van der Waals surface area contributed by atoms with Gasteiger partial charge in [-0.1, -0.05) is 25.1 Å². The molecule has 0 N–H and O–H groups in total. The van der Waals surface area contributed by atoms with E-state index in [4.69, 9.17) is 9.47 Å². The van der Waals surface area contributed by atoms with Gasteiger partial charge < -0.3 is 9.47 Å². The lowest BCUT2D eigenvalue weighted by Gasteiger charge is -2.00. The van der Waals surface area contributed by atoms with Crippen molar-refractivity contribution in [2.75, 3.05) is 20.8 Å². The summed E-state index contributed by atoms with van der Waals surface area (Å²) in [5.41, 5.74) is 1.18. The molecule has 0 saturated heterocycles. The van der Waals surface area contributed by atoms with Crippen LogP contribution in [-0.4, -0.2) is 20.8 Å². The molecular formula is C12H20O2. The van der Waals surface area contributed by atoms with Crippen LogP contribution in [0.4, 0.5) is 0 Å². The third-order valence-corrected chi connectivity index (χ3v) is 1.72. The number of aryl methyl sites for hydroxylation is 1. The maximum Gasteiger partial charge on any atom is 0.121 e. The molecule has 0 amide bonds. The molecule has 0 fully saturated rings. The van der Waals surface area contributed by atoms with E-state index in [1.807, 2.05) is 31.2 Å². The molecule has 2 nitrogen and oxygen atoms in total. The number of rotatable bonds is 3. The topological polar surface area (TPSA) is 18.5 Å². The SMILES string of the molecule is CCCOC.COc1ccccc1C. The fourth-order valence-corrected chi connectivity index (χ4v) is 0.990. The van der Waals surface area contributed by atoms with Gasteiger partial charge in [0.05, 0.1) is 7.11 Å². The first-order valence-electron chi connectivity index (χ1n) is 4.84. The van der Waals surface area contributed by atoms with Crippen LogP contribution in [-0.2, 0) is 4.74 Å². The monoisotopic (exact) mass is 196 g/mol. The standard InChI is InChI=1S/C8H10O.C4H10O/c1-7-5-3-4-6-8(7)9-2;1-3-4-5-2/h3-6H,1-2H3;3-4H2,1-2H3. The summed E-state index contributed by atoms with van der Waals surface area (Å²) in [7, 11) is 3.39. The van der Waals surface area contributed by atoms with E-state index in [9.17, 15) is 0 Å². The molecule has 1 rings (SSSR count). The van der Waals surface area contributed by atoms with Gasteiger partial charge in [0.25, 0.3) is 0 Å². The lowest BCUT2D eigenvalue weighted by Crippen LogP contribution is -1.84. The molecule has 0 unspecified atom stereocenters. The minimum atomic E-state index is 0.889. The Morgan fingerprint density at radius 1 is 1.14 bits per heavy atom. The molecule has 0 heterocycles. The predicted octanol–water partition coefficient (Wildman–Crippen LogP) is 3.05. The van der Waals surface area contributed by atoms with Crippen molar-refractivity contribution >= 4 is 0 Å². The number of benzene rings is 1. The maximum absolute atomic E-state index is 5.04. The summed E-state index contributed by atoms with van der Waals surface area (Å²) in [5, 5.41) is 0. The smallest absolute Gasteiger partial charge is 0.121 e. The average Bonchev–Trinajstić information content (AvgIpc) is 2.21. The lowest BCUT2D eigenvalue weighted by molar-refractivity contribution is 0.199. The van der Waals surface area contributed by atoms with Crippen LogP contribution < -0.4 is 4.74 Å². The Kier molecular flexibility index (Phi) is 7.95. The second-order valence-corrected chi connectivity index (χ2v) is 2.96. The third-order valence-electron chi connectivity index (χ3n) is 1.72. The summed E-state index contributed by atoms with van der Waals surface area (Å²) in [6, 6.07) is 7.94. The zero-order chi connectivity index (χ0) is 10.8. The molecule has 2 heteroatoms. The molecule has 0 saturated carbocycles. The number of methoxy groups -OCH3 is 2. The molecule has 0 aliphatic heterocycles. The number of hydrogen-bond donors (Lipinski definition) is 0. The Bertz CT molecular complexity index is 232. The minimum Gasteiger partial charge on any atom is -0.496 e. The zero-order valence-electron chi connectivity index (χ0n) is 9.54. The zero-order valence-corrected chi connectivity index (χ0v) is 9.54. The van der Waals surface area contributed by atoms with Crippen LogP contribution in [0.3, 0.4) is 0 Å². The van der Waals surface area contributed by atoms with E-state index in [0.29, 0.717) is 0 Å². The van der Waals surface area contributed by atoms with E-state index < -0.39 is 0 Å². The van der Waals surface area contributed by atoms with Crippen LogP contribution in [0.5, 0.6) is 5.75 Å². The lowest BCUT2D eigenvalue weighted by atomic mass is 10.2. The van der Waals surface area contributed by atoms with Gasteiger partial charge in [-0.15, -0.1) is 0 Å². The Labute approximate surface area is 86.9 Å². The van der Waals surface area contributed by atoms with Gasteiger partial charge >= 0.3 is 0 Å². The molecule has 0 radical (unpaired) electrons. The molecule has 14 heavy (non-hydrogen) atoms. The molecule has 0 aliphatic carbocycles. The van der Waals surface area contributed by atoms with Crippen molar-refractivity contribution in [2.45, 2.75) is 20.3 Å². The molecule has 0 bridgehead atoms. The van der Waals surface area contributed by atoms with Crippen molar-refractivity contribution in [3.05, 3.63) is 29.8 Å². The van der Waals surface area contributed by atoms with E-state index in [1.165, 1.54) is 5.56 Å². The second-order valence-electron chi connectivity index (χ2n) is 2.96. The summed E-state index contributed by atoms with van der Waals surface area (Å²) in [4.78, 5) is 0. The maximum atomic E-state index is 5.04. The van der Waals surface area contributed by atoms with Gasteiger partial charge in [0, 0.05) is 13.7 Å². The average molecular weight is 196 g/mol. The van der Waals surface area contributed by atoms with Crippen LogP contribution in [0.1, 0.15) is 18.9 Å². The quantitative estimate of drug-likeness (QED) is 0.739. The van der Waals surface area contributed by atoms with Crippen LogP contribution in [0.25, 0.3) is 0 Å². The second kappa shape index (κ2) is 8.57. The fraction of sp³-hybridized carbons (Fsp3) is 0.500. The number of hydrogen-bond acceptors (Lipinski definition) is 2. The summed E-state index contributed by atoms with van der Waals surface area (Å²) in [6.45, 7) is 5.00. The van der Waals surface area contributed by atoms with E-state index in [0.717, 1.165) is 18.8 Å². The molecule has 0 spiro atoms. The van der Waals surface area contributed by atoms with Crippen molar-refractivity contribution in [1.82, 2.24) is 0 Å². The van der Waals surface area contributed by atoms with Crippen LogP contribution in [0.2, 0.25) is 0 Å². The van der Waals surface area contributed by atoms with Crippen LogP contribution in [0.15, 0.2) is 24.3 Å². The van der Waals surface area contributed by atoms with Crippen molar-refractivity contribution in [3.63, 3.8) is 0 Å². The first-order valence-corrected chi connectivity index (χ1v) is 4.84. The molecule has 0 aromatic heterocycles. The Morgan fingerprint density at radius 2 is 1.79 bits per heavy atom. The summed E-state index contributed by atoms with van der Waals surface area (Å²) >= 11 is 0. The highest BCUT2D eigenvalue weighted by Gasteiger charge is 1.90. The fourth-order valence-electron chi connectivity index (χ4n) is 0.990. The van der Waals surface area contributed by atoms with Gasteiger partial charge in [-0.05, 0) is 25.0 Å². The first kappa shape index (κ1) is 13.0. The Hall–Kier alpha value is -1.02. The molecular weight excluding hydrogens is 176 g/mol. The van der Waals surface area contributed by atoms with Crippen LogP contribution in [0, 0.1) is 6.92 Å². The minimum absolute atomic E-state index is 0.889. The highest BCUT2D eigenvalue weighted by molar-refractivity contribution is 5.31. The first-order chi connectivity index (χ1) is 6.76. The Morgan fingerprint density at radius 3 is 2.07 bits per heavy atom. The molecule has 1 aromatic carbocycles. The molecule has 0 atom stereocenters. The normalized spacial score (nSPS) is 8.86. The van der Waals surface area contributed by atoms with Crippen molar-refractivity contribution in [3.8, 4) is 5.75 Å². The van der Waals surface area contributed by atoms with Crippen LogP contribution >= 0.6 is 0 Å². The highest BCUT2D eigenvalue weighted by atomic mass is 16.5. The predicted molar refractivity (Wildman–Crippen MR) is 59.9 cm³/mol. The van der Waals surface area contributed by atoms with E-state index in [2.05, 4.69) is 6.92 Å². The van der Waals surface area contributed by atoms with E-state index in [-0.39, 0.29) is 0 Å². The van der Waals surface area contributed by atoms with E-state index >= 15 is 0 Å². The van der Waals surface area contributed by atoms with Gasteiger partial charge in [-0.25, -0.2) is 0 Å². The summed E-state index contributed by atoms with van der Waals surface area (Å²) in [5.74, 6) is 0.956. The van der Waals surface area contributed by atoms with Gasteiger partial charge in [0.2, 0.25) is 0 Å².